The quantitative estimate of drug-likeness (QED) is 0.0199. The number of rotatable bonds is 62. The number of unbranched alkanes of at least 4 members (excludes halogenated alkanes) is 42. The molecule has 96 heavy (non-hydrogen) atoms. The van der Waals surface area contributed by atoms with Crippen molar-refractivity contribution in [3.63, 3.8) is 0 Å². The van der Waals surface area contributed by atoms with Crippen LogP contribution in [-0.4, -0.2) is 193 Å². The summed E-state index contributed by atoms with van der Waals surface area (Å²) in [5.41, 5.74) is 0. The third-order valence-corrected chi connectivity index (χ3v) is 19.7. The molecule has 1 amide bonds. The Labute approximate surface area is 581 Å². The molecule has 0 saturated carbocycles. The summed E-state index contributed by atoms with van der Waals surface area (Å²) in [5.74, 6) is -0.283. The molecule has 0 aromatic carbocycles. The van der Waals surface area contributed by atoms with Crippen LogP contribution in [-0.2, 0) is 33.2 Å². The van der Waals surface area contributed by atoms with E-state index in [4.69, 9.17) is 28.4 Å². The number of hydrogen-bond acceptors (Lipinski definition) is 18. The second-order valence-electron chi connectivity index (χ2n) is 28.2. The van der Waals surface area contributed by atoms with E-state index in [1.807, 2.05) is 6.08 Å². The zero-order chi connectivity index (χ0) is 69.6. The van der Waals surface area contributed by atoms with Crippen LogP contribution < -0.4 is 5.32 Å². The highest BCUT2D eigenvalue weighted by Gasteiger charge is 2.53. The van der Waals surface area contributed by atoms with Crippen molar-refractivity contribution in [2.45, 2.75) is 420 Å². The summed E-state index contributed by atoms with van der Waals surface area (Å²) in [6.07, 6.45) is 44.3. The van der Waals surface area contributed by atoms with Gasteiger partial charge in [-0.2, -0.15) is 0 Å². The lowest BCUT2D eigenvalue weighted by Crippen LogP contribution is -2.66. The van der Waals surface area contributed by atoms with Gasteiger partial charge in [-0.05, 0) is 44.9 Å². The molecule has 0 bridgehead atoms. The van der Waals surface area contributed by atoms with Crippen LogP contribution in [0.5, 0.6) is 0 Å². The highest BCUT2D eigenvalue weighted by molar-refractivity contribution is 5.76. The van der Waals surface area contributed by atoms with Crippen molar-refractivity contribution in [2.24, 2.45) is 0 Å². The second-order valence-corrected chi connectivity index (χ2v) is 28.2. The van der Waals surface area contributed by atoms with E-state index in [1.165, 1.54) is 238 Å². The van der Waals surface area contributed by atoms with Crippen LogP contribution in [0.3, 0.4) is 0 Å². The predicted octanol–water partition coefficient (Wildman–Crippen LogP) is 12.3. The molecule has 17 unspecified atom stereocenters. The standard InChI is InChI=1S/C77H143NO18/c1-3-5-7-9-11-13-15-17-19-21-23-24-25-26-27-28-29-30-31-32-33-34-35-37-39-41-43-45-47-49-51-53-55-65(83)78-60(61(82)54-52-50-48-46-44-42-40-38-36-22-20-18-16-14-12-10-8-6-4-2)59-91-75-71(89)68(86)73(63(57-80)93-75)96-77-72(90)69(87)74(64(58-81)94-77)95-76-70(88)67(85)66(84)62(56-79)92-76/h36,38,44,46,52,54,60-64,66-77,79-82,84-90H,3-35,37,39-43,45,47-51,53,55-59H2,1-2H3,(H,78,83)/b38-36+,46-44+,54-52+. The molecule has 0 aromatic rings. The molecule has 3 rings (SSSR count). The number of carbonyl (C=O) groups excluding carboxylic acids is 1. The number of nitrogens with one attached hydrogen (secondary N) is 1. The van der Waals surface area contributed by atoms with E-state index in [9.17, 15) is 61.0 Å². The number of aliphatic hydroxyl groups excluding tert-OH is 11. The fourth-order valence-electron chi connectivity index (χ4n) is 13.3. The largest absolute Gasteiger partial charge is 0.394 e. The van der Waals surface area contributed by atoms with Gasteiger partial charge in [-0.25, -0.2) is 0 Å². The first-order chi connectivity index (χ1) is 46.8. The van der Waals surface area contributed by atoms with Gasteiger partial charge in [0.05, 0.1) is 38.6 Å². The van der Waals surface area contributed by atoms with E-state index in [0.717, 1.165) is 44.9 Å². The number of allylic oxidation sites excluding steroid dienone is 5. The van der Waals surface area contributed by atoms with Gasteiger partial charge >= 0.3 is 0 Å². The SMILES string of the molecule is CCCCCCCCCCC/C=C/CC/C=C/CC/C=C/C(O)C(COC1OC(CO)C(OC2OC(CO)C(OC3OC(CO)C(O)C(O)C3O)C(O)C2O)C(O)C1O)NC(=O)CCCCCCCCCCCCCCCCCCCCCCCCCCCCCCCCCC. The minimum absolute atomic E-state index is 0.236. The molecule has 0 aromatic heterocycles. The molecule has 19 heteroatoms. The van der Waals surface area contributed by atoms with E-state index in [1.54, 1.807) is 6.08 Å². The molecule has 0 aliphatic carbocycles. The van der Waals surface area contributed by atoms with E-state index < -0.39 is 124 Å². The van der Waals surface area contributed by atoms with Crippen LogP contribution >= 0.6 is 0 Å². The van der Waals surface area contributed by atoms with E-state index in [0.29, 0.717) is 12.8 Å². The molecule has 3 fully saturated rings. The molecule has 3 aliphatic heterocycles. The van der Waals surface area contributed by atoms with Gasteiger partial charge in [0.1, 0.15) is 73.2 Å². The number of aliphatic hydroxyl groups is 11. The van der Waals surface area contributed by atoms with Gasteiger partial charge in [-0.15, -0.1) is 0 Å². The lowest BCUT2D eigenvalue weighted by molar-refractivity contribution is -0.379. The fraction of sp³-hybridized carbons (Fsp3) is 0.909. The predicted molar refractivity (Wildman–Crippen MR) is 379 cm³/mol. The zero-order valence-electron chi connectivity index (χ0n) is 60.1. The molecule has 564 valence electrons. The fourth-order valence-corrected chi connectivity index (χ4v) is 13.3. The summed E-state index contributed by atoms with van der Waals surface area (Å²) in [6, 6.07) is -0.995. The first-order valence-corrected chi connectivity index (χ1v) is 39.2. The van der Waals surface area contributed by atoms with Crippen LogP contribution in [0.4, 0.5) is 0 Å². The molecule has 3 heterocycles. The first-order valence-electron chi connectivity index (χ1n) is 39.2. The monoisotopic (exact) mass is 1370 g/mol. The van der Waals surface area contributed by atoms with E-state index in [2.05, 4.69) is 43.5 Å². The second kappa shape index (κ2) is 58.5. The highest BCUT2D eigenvalue weighted by Crippen LogP contribution is 2.33. The maximum Gasteiger partial charge on any atom is 0.220 e. The summed E-state index contributed by atoms with van der Waals surface area (Å²) in [6.45, 7) is 1.75. The Morgan fingerprint density at radius 1 is 0.365 bits per heavy atom. The number of ether oxygens (including phenoxy) is 6. The Kier molecular flexibility index (Phi) is 53.8. The topological polar surface area (TPSA) is 307 Å². The lowest BCUT2D eigenvalue weighted by atomic mass is 9.96. The number of hydrogen-bond donors (Lipinski definition) is 12. The molecule has 0 radical (unpaired) electrons. The van der Waals surface area contributed by atoms with Crippen LogP contribution in [0.1, 0.15) is 316 Å². The minimum Gasteiger partial charge on any atom is -0.394 e. The third kappa shape index (κ3) is 38.9. The van der Waals surface area contributed by atoms with Crippen molar-refractivity contribution in [3.8, 4) is 0 Å². The third-order valence-electron chi connectivity index (χ3n) is 19.7. The Hall–Kier alpha value is -1.99. The maximum atomic E-state index is 13.4. The smallest absolute Gasteiger partial charge is 0.220 e. The van der Waals surface area contributed by atoms with Gasteiger partial charge in [0, 0.05) is 6.42 Å². The van der Waals surface area contributed by atoms with Crippen LogP contribution in [0.15, 0.2) is 36.5 Å². The van der Waals surface area contributed by atoms with E-state index in [-0.39, 0.29) is 18.9 Å². The average molecular weight is 1370 g/mol. The van der Waals surface area contributed by atoms with Crippen LogP contribution in [0.25, 0.3) is 0 Å². The summed E-state index contributed by atoms with van der Waals surface area (Å²) < 4.78 is 34.4. The minimum atomic E-state index is -1.98. The molecule has 12 N–H and O–H groups in total. The van der Waals surface area contributed by atoms with Crippen LogP contribution in [0.2, 0.25) is 0 Å². The first kappa shape index (κ1) is 88.2. The van der Waals surface area contributed by atoms with Crippen molar-refractivity contribution in [3.05, 3.63) is 36.5 Å². The van der Waals surface area contributed by atoms with Crippen molar-refractivity contribution in [1.82, 2.24) is 5.32 Å². The van der Waals surface area contributed by atoms with Gasteiger partial charge < -0.3 is 89.9 Å². The summed E-state index contributed by atoms with van der Waals surface area (Å²) in [7, 11) is 0. The average Bonchev–Trinajstić information content (AvgIpc) is 0.798. The summed E-state index contributed by atoms with van der Waals surface area (Å²) in [5, 5.41) is 121. The molecular weight excluding hydrogens is 1230 g/mol. The normalized spacial score (nSPS) is 27.2. The van der Waals surface area contributed by atoms with Crippen molar-refractivity contribution < 1.29 is 89.4 Å². The van der Waals surface area contributed by atoms with Crippen LogP contribution in [0, 0.1) is 0 Å². The van der Waals surface area contributed by atoms with Crippen molar-refractivity contribution in [1.29, 1.82) is 0 Å². The zero-order valence-corrected chi connectivity index (χ0v) is 60.1. The molecule has 3 saturated heterocycles. The molecule has 19 nitrogen and oxygen atoms in total. The number of carbonyl (C=O) groups is 1. The summed E-state index contributed by atoms with van der Waals surface area (Å²) >= 11 is 0. The molecule has 0 spiro atoms. The highest BCUT2D eigenvalue weighted by atomic mass is 16.8. The molecule has 17 atom stereocenters. The Balaban J connectivity index is 1.37. The van der Waals surface area contributed by atoms with Crippen molar-refractivity contribution in [2.75, 3.05) is 26.4 Å². The van der Waals surface area contributed by atoms with Gasteiger partial charge in [0.25, 0.3) is 0 Å². The lowest BCUT2D eigenvalue weighted by Gasteiger charge is -2.48. The van der Waals surface area contributed by atoms with E-state index >= 15 is 0 Å². The summed E-state index contributed by atoms with van der Waals surface area (Å²) in [4.78, 5) is 13.4. The van der Waals surface area contributed by atoms with Crippen molar-refractivity contribution >= 4 is 5.91 Å². The Morgan fingerprint density at radius 2 is 0.667 bits per heavy atom. The van der Waals surface area contributed by atoms with Gasteiger partial charge in [-0.3, -0.25) is 4.79 Å². The van der Waals surface area contributed by atoms with Gasteiger partial charge in [0.2, 0.25) is 5.91 Å². The molecular formula is C77H143NO18. The Bertz CT molecular complexity index is 1880. The maximum absolute atomic E-state index is 13.4. The number of amides is 1. The Morgan fingerprint density at radius 3 is 1.04 bits per heavy atom. The van der Waals surface area contributed by atoms with Gasteiger partial charge in [0.15, 0.2) is 18.9 Å². The van der Waals surface area contributed by atoms with Gasteiger partial charge in [-0.1, -0.05) is 301 Å². The molecule has 3 aliphatic rings.